The van der Waals surface area contributed by atoms with Crippen molar-refractivity contribution in [1.29, 1.82) is 0 Å². The van der Waals surface area contributed by atoms with Gasteiger partial charge in [-0.15, -0.1) is 11.8 Å². The van der Waals surface area contributed by atoms with Crippen LogP contribution >= 0.6 is 11.8 Å². The van der Waals surface area contributed by atoms with Gasteiger partial charge >= 0.3 is 0 Å². The Kier molecular flexibility index (Phi) is 8.67. The van der Waals surface area contributed by atoms with Crippen LogP contribution in [-0.4, -0.2) is 49.2 Å². The molecule has 0 heterocycles. The molecule has 0 fully saturated rings. The molecule has 0 radical (unpaired) electrons. The lowest BCUT2D eigenvalue weighted by atomic mass is 10.3. The first-order valence-corrected chi connectivity index (χ1v) is 9.69. The number of carbonyl (C=O) groups is 2. The fourth-order valence-corrected chi connectivity index (χ4v) is 3.15. The van der Waals surface area contributed by atoms with Gasteiger partial charge in [-0.1, -0.05) is 30.3 Å². The lowest BCUT2D eigenvalue weighted by Crippen LogP contribution is -2.31. The smallest absolute Gasteiger partial charge is 0.238 e. The third-order valence-electron chi connectivity index (χ3n) is 3.64. The van der Waals surface area contributed by atoms with Gasteiger partial charge < -0.3 is 15.8 Å². The molecule has 0 spiro atoms. The molecule has 6 nitrogen and oxygen atoms in total. The van der Waals surface area contributed by atoms with E-state index in [1.165, 1.54) is 11.8 Å². The average molecular weight is 388 g/mol. The van der Waals surface area contributed by atoms with E-state index in [-0.39, 0.29) is 18.2 Å². The fraction of sp³-hybridized carbons (Fsp3) is 0.300. The maximum Gasteiger partial charge on any atom is 0.238 e. The van der Waals surface area contributed by atoms with Gasteiger partial charge in [0.1, 0.15) is 5.75 Å². The van der Waals surface area contributed by atoms with Gasteiger partial charge in [-0.25, -0.2) is 0 Å². The highest BCUT2D eigenvalue weighted by Crippen LogP contribution is 2.26. The molecule has 2 amide bonds. The van der Waals surface area contributed by atoms with Crippen LogP contribution < -0.4 is 15.8 Å². The number of hydrogen-bond acceptors (Lipinski definition) is 5. The van der Waals surface area contributed by atoms with Crippen LogP contribution in [0, 0.1) is 0 Å². The zero-order chi connectivity index (χ0) is 19.5. The second-order valence-corrected chi connectivity index (χ2v) is 7.07. The van der Waals surface area contributed by atoms with Crippen molar-refractivity contribution in [2.75, 3.05) is 37.8 Å². The number of amides is 2. The Morgan fingerprint density at radius 1 is 1.11 bits per heavy atom. The molecule has 2 aromatic rings. The van der Waals surface area contributed by atoms with Crippen molar-refractivity contribution in [3.63, 3.8) is 0 Å². The van der Waals surface area contributed by atoms with E-state index in [1.54, 1.807) is 0 Å². The summed E-state index contributed by atoms with van der Waals surface area (Å²) in [5.74, 6) is 0.531. The van der Waals surface area contributed by atoms with Gasteiger partial charge in [0.15, 0.2) is 0 Å². The summed E-state index contributed by atoms with van der Waals surface area (Å²) in [5, 5.41) is 2.90. The second-order valence-electron chi connectivity index (χ2n) is 6.05. The number of nitrogens with two attached hydrogens (primary N) is 1. The summed E-state index contributed by atoms with van der Waals surface area (Å²) in [6, 6.07) is 17.0. The second kappa shape index (κ2) is 11.3. The van der Waals surface area contributed by atoms with Crippen LogP contribution in [-0.2, 0) is 9.59 Å². The minimum absolute atomic E-state index is 0.103. The Balaban J connectivity index is 1.72. The van der Waals surface area contributed by atoms with Crippen molar-refractivity contribution in [1.82, 2.24) is 4.90 Å². The third kappa shape index (κ3) is 8.15. The highest BCUT2D eigenvalue weighted by molar-refractivity contribution is 8.00. The number of anilines is 1. The van der Waals surface area contributed by atoms with E-state index in [2.05, 4.69) is 5.32 Å². The van der Waals surface area contributed by atoms with Crippen molar-refractivity contribution in [2.45, 2.75) is 11.3 Å². The summed E-state index contributed by atoms with van der Waals surface area (Å²) in [4.78, 5) is 26.0. The maximum atomic E-state index is 12.3. The largest absolute Gasteiger partial charge is 0.494 e. The van der Waals surface area contributed by atoms with Crippen molar-refractivity contribution >= 4 is 29.3 Å². The van der Waals surface area contributed by atoms with Crippen molar-refractivity contribution < 1.29 is 14.3 Å². The van der Waals surface area contributed by atoms with E-state index in [1.807, 2.05) is 66.5 Å². The molecule has 0 aliphatic heterocycles. The summed E-state index contributed by atoms with van der Waals surface area (Å²) >= 11 is 1.31. The third-order valence-corrected chi connectivity index (χ3v) is 4.74. The summed E-state index contributed by atoms with van der Waals surface area (Å²) in [7, 11) is 1.90. The molecule has 7 heteroatoms. The minimum atomic E-state index is -0.390. The van der Waals surface area contributed by atoms with E-state index in [4.69, 9.17) is 10.5 Å². The molecular weight excluding hydrogens is 362 g/mol. The Bertz CT molecular complexity index is 740. The van der Waals surface area contributed by atoms with E-state index >= 15 is 0 Å². The number of likely N-dealkylation sites (N-methyl/N-ethyl adjacent to an activating group) is 1. The zero-order valence-corrected chi connectivity index (χ0v) is 16.2. The number of thioether (sulfide) groups is 1. The highest BCUT2D eigenvalue weighted by Gasteiger charge is 2.10. The van der Waals surface area contributed by atoms with Crippen LogP contribution in [0.15, 0.2) is 59.5 Å². The van der Waals surface area contributed by atoms with Crippen LogP contribution in [0.2, 0.25) is 0 Å². The summed E-state index contributed by atoms with van der Waals surface area (Å²) in [5.41, 5.74) is 5.88. The van der Waals surface area contributed by atoms with Gasteiger partial charge in [0.25, 0.3) is 0 Å². The Morgan fingerprint density at radius 2 is 1.81 bits per heavy atom. The van der Waals surface area contributed by atoms with Gasteiger partial charge in [0.2, 0.25) is 11.8 Å². The predicted molar refractivity (Wildman–Crippen MR) is 109 cm³/mol. The van der Waals surface area contributed by atoms with Crippen LogP contribution in [0.1, 0.15) is 6.42 Å². The molecule has 0 saturated heterocycles. The molecule has 0 unspecified atom stereocenters. The first-order chi connectivity index (χ1) is 13.0. The molecule has 0 atom stereocenters. The molecule has 3 N–H and O–H groups in total. The van der Waals surface area contributed by atoms with Crippen LogP contribution in [0.25, 0.3) is 0 Å². The Hall–Kier alpha value is -2.51. The number of ether oxygens (including phenoxy) is 1. The molecule has 27 heavy (non-hydrogen) atoms. The molecule has 2 aromatic carbocycles. The van der Waals surface area contributed by atoms with Gasteiger partial charge in [-0.3, -0.25) is 14.5 Å². The summed E-state index contributed by atoms with van der Waals surface area (Å²) < 4.78 is 5.65. The lowest BCUT2D eigenvalue weighted by molar-refractivity contribution is -0.117. The molecule has 0 bridgehead atoms. The van der Waals surface area contributed by atoms with E-state index in [9.17, 15) is 9.59 Å². The number of primary amides is 1. The van der Waals surface area contributed by atoms with Gasteiger partial charge in [0.05, 0.1) is 24.6 Å². The summed E-state index contributed by atoms with van der Waals surface area (Å²) in [6.45, 7) is 1.63. The van der Waals surface area contributed by atoms with Crippen molar-refractivity contribution in [3.8, 4) is 5.75 Å². The lowest BCUT2D eigenvalue weighted by Gasteiger charge is -2.17. The number of para-hydroxylation sites is 2. The van der Waals surface area contributed by atoms with Gasteiger partial charge in [-0.05, 0) is 37.7 Å². The Labute approximate surface area is 164 Å². The van der Waals surface area contributed by atoms with Crippen molar-refractivity contribution in [3.05, 3.63) is 54.6 Å². The maximum absolute atomic E-state index is 12.3. The number of rotatable bonds is 11. The molecule has 0 aliphatic carbocycles. The number of nitrogens with one attached hydrogen (secondary N) is 1. The topological polar surface area (TPSA) is 84.7 Å². The molecule has 2 rings (SSSR count). The average Bonchev–Trinajstić information content (AvgIpc) is 2.65. The first-order valence-electron chi connectivity index (χ1n) is 8.71. The standard InChI is InChI=1S/C20H25N3O3S/c1-23(12-7-13-26-16-8-3-2-4-9-16)14-20(25)22-17-10-5-6-11-18(17)27-15-19(21)24/h2-6,8-11H,7,12-15H2,1H3,(H2,21,24)(H,22,25). The number of nitrogens with zero attached hydrogens (tertiary/aromatic N) is 1. The number of carbonyl (C=O) groups excluding carboxylic acids is 2. The van der Waals surface area contributed by atoms with Crippen molar-refractivity contribution in [2.24, 2.45) is 5.73 Å². The van der Waals surface area contributed by atoms with Gasteiger partial charge in [-0.2, -0.15) is 0 Å². The summed E-state index contributed by atoms with van der Waals surface area (Å²) in [6.07, 6.45) is 0.823. The molecule has 0 saturated carbocycles. The monoisotopic (exact) mass is 387 g/mol. The Morgan fingerprint density at radius 3 is 2.56 bits per heavy atom. The molecule has 0 aliphatic rings. The minimum Gasteiger partial charge on any atom is -0.494 e. The van der Waals surface area contributed by atoms with E-state index in [0.717, 1.165) is 23.6 Å². The molecule has 0 aromatic heterocycles. The predicted octanol–water partition coefficient (Wildman–Crippen LogP) is 2.60. The quantitative estimate of drug-likeness (QED) is 0.457. The van der Waals surface area contributed by atoms with Gasteiger partial charge in [0, 0.05) is 11.4 Å². The number of benzene rings is 2. The molecule has 144 valence electrons. The first kappa shape index (κ1) is 20.8. The molecular formula is C20H25N3O3S. The fourth-order valence-electron chi connectivity index (χ4n) is 2.40. The van der Waals surface area contributed by atoms with E-state index < -0.39 is 5.91 Å². The van der Waals surface area contributed by atoms with Crippen LogP contribution in [0.3, 0.4) is 0 Å². The normalized spacial score (nSPS) is 10.6. The van der Waals surface area contributed by atoms with E-state index in [0.29, 0.717) is 12.3 Å². The number of hydrogen-bond donors (Lipinski definition) is 2. The van der Waals surface area contributed by atoms with Crippen LogP contribution in [0.4, 0.5) is 5.69 Å². The highest BCUT2D eigenvalue weighted by atomic mass is 32.2. The zero-order valence-electron chi connectivity index (χ0n) is 15.4. The SMILES string of the molecule is CN(CCCOc1ccccc1)CC(=O)Nc1ccccc1SCC(N)=O. The van der Waals surface area contributed by atoms with Crippen LogP contribution in [0.5, 0.6) is 5.75 Å².